The van der Waals surface area contributed by atoms with Crippen LogP contribution in [0.15, 0.2) is 10.5 Å². The van der Waals surface area contributed by atoms with Crippen LogP contribution < -0.4 is 5.32 Å². The molecular formula is C12H17NO. The van der Waals surface area contributed by atoms with E-state index in [1.54, 1.807) is 0 Å². The SMILES string of the molecule is CCc1cc2c(o1)CCC21CCNC1. The van der Waals surface area contributed by atoms with Crippen molar-refractivity contribution in [2.75, 3.05) is 13.1 Å². The van der Waals surface area contributed by atoms with E-state index in [2.05, 4.69) is 18.3 Å². The highest BCUT2D eigenvalue weighted by atomic mass is 16.3. The highest BCUT2D eigenvalue weighted by molar-refractivity contribution is 5.37. The summed E-state index contributed by atoms with van der Waals surface area (Å²) in [6.45, 7) is 4.49. The Morgan fingerprint density at radius 2 is 2.43 bits per heavy atom. The van der Waals surface area contributed by atoms with Crippen molar-refractivity contribution in [2.45, 2.75) is 38.0 Å². The van der Waals surface area contributed by atoms with Gasteiger partial charge in [-0.15, -0.1) is 0 Å². The molecule has 1 fully saturated rings. The highest BCUT2D eigenvalue weighted by Crippen LogP contribution is 2.44. The smallest absolute Gasteiger partial charge is 0.108 e. The Labute approximate surface area is 84.7 Å². The van der Waals surface area contributed by atoms with Crippen molar-refractivity contribution in [3.8, 4) is 0 Å². The summed E-state index contributed by atoms with van der Waals surface area (Å²) in [4.78, 5) is 0. The fraction of sp³-hybridized carbons (Fsp3) is 0.667. The topological polar surface area (TPSA) is 25.2 Å². The summed E-state index contributed by atoms with van der Waals surface area (Å²) in [5.41, 5.74) is 1.95. The second kappa shape index (κ2) is 2.86. The standard InChI is InChI=1S/C12H17NO/c1-2-9-7-10-11(14-9)3-4-12(10)5-6-13-8-12/h7,13H,2-6,8H2,1H3. The van der Waals surface area contributed by atoms with Crippen molar-refractivity contribution in [1.82, 2.24) is 5.32 Å². The van der Waals surface area contributed by atoms with E-state index in [0.29, 0.717) is 5.41 Å². The van der Waals surface area contributed by atoms with Crippen molar-refractivity contribution in [3.05, 3.63) is 23.2 Å². The number of rotatable bonds is 1. The van der Waals surface area contributed by atoms with E-state index in [1.165, 1.54) is 36.5 Å². The number of nitrogens with one attached hydrogen (secondary N) is 1. The van der Waals surface area contributed by atoms with E-state index in [4.69, 9.17) is 4.42 Å². The van der Waals surface area contributed by atoms with Gasteiger partial charge in [-0.1, -0.05) is 6.92 Å². The van der Waals surface area contributed by atoms with E-state index in [1.807, 2.05) is 0 Å². The normalized spacial score (nSPS) is 30.1. The summed E-state index contributed by atoms with van der Waals surface area (Å²) >= 11 is 0. The fourth-order valence-electron chi connectivity index (χ4n) is 2.97. The largest absolute Gasteiger partial charge is 0.466 e. The van der Waals surface area contributed by atoms with Gasteiger partial charge in [-0.05, 0) is 25.5 Å². The summed E-state index contributed by atoms with van der Waals surface area (Å²) < 4.78 is 5.83. The van der Waals surface area contributed by atoms with Crippen LogP contribution in [0.25, 0.3) is 0 Å². The number of hydrogen-bond acceptors (Lipinski definition) is 2. The lowest BCUT2D eigenvalue weighted by Gasteiger charge is -2.21. The molecule has 14 heavy (non-hydrogen) atoms. The van der Waals surface area contributed by atoms with Crippen LogP contribution in [0.3, 0.4) is 0 Å². The molecule has 1 aromatic heterocycles. The van der Waals surface area contributed by atoms with E-state index in [-0.39, 0.29) is 0 Å². The van der Waals surface area contributed by atoms with Crippen molar-refractivity contribution in [2.24, 2.45) is 0 Å². The Balaban J connectivity index is 2.03. The minimum Gasteiger partial charge on any atom is -0.466 e. The first kappa shape index (κ1) is 8.54. The Hall–Kier alpha value is -0.760. The monoisotopic (exact) mass is 191 g/mol. The zero-order valence-corrected chi connectivity index (χ0v) is 8.73. The maximum atomic E-state index is 5.83. The molecular weight excluding hydrogens is 174 g/mol. The first-order valence-corrected chi connectivity index (χ1v) is 5.67. The summed E-state index contributed by atoms with van der Waals surface area (Å²) in [5, 5.41) is 3.48. The number of hydrogen-bond donors (Lipinski definition) is 1. The van der Waals surface area contributed by atoms with E-state index in [9.17, 15) is 0 Å². The third kappa shape index (κ3) is 1.01. The van der Waals surface area contributed by atoms with Crippen LogP contribution in [0, 0.1) is 0 Å². The Kier molecular flexibility index (Phi) is 1.75. The number of aryl methyl sites for hydroxylation is 2. The molecule has 0 amide bonds. The fourth-order valence-corrected chi connectivity index (χ4v) is 2.97. The van der Waals surface area contributed by atoms with Gasteiger partial charge in [-0.3, -0.25) is 0 Å². The Bertz CT molecular complexity index is 347. The van der Waals surface area contributed by atoms with Gasteiger partial charge in [0.1, 0.15) is 11.5 Å². The second-order valence-corrected chi connectivity index (χ2v) is 4.61. The molecule has 1 atom stereocenters. The number of furan rings is 1. The van der Waals surface area contributed by atoms with Crippen LogP contribution in [0.2, 0.25) is 0 Å². The van der Waals surface area contributed by atoms with Crippen LogP contribution >= 0.6 is 0 Å². The molecule has 1 spiro atoms. The molecule has 1 aromatic rings. The molecule has 1 unspecified atom stereocenters. The van der Waals surface area contributed by atoms with Crippen molar-refractivity contribution in [3.63, 3.8) is 0 Å². The molecule has 1 N–H and O–H groups in total. The van der Waals surface area contributed by atoms with Gasteiger partial charge in [0.15, 0.2) is 0 Å². The minimum atomic E-state index is 0.437. The van der Waals surface area contributed by atoms with Gasteiger partial charge in [-0.25, -0.2) is 0 Å². The Morgan fingerprint density at radius 3 is 3.14 bits per heavy atom. The van der Waals surface area contributed by atoms with Crippen LogP contribution in [0.5, 0.6) is 0 Å². The van der Waals surface area contributed by atoms with Crippen molar-refractivity contribution in [1.29, 1.82) is 0 Å². The third-order valence-electron chi connectivity index (χ3n) is 3.85. The lowest BCUT2D eigenvalue weighted by atomic mass is 9.82. The van der Waals surface area contributed by atoms with E-state index >= 15 is 0 Å². The Morgan fingerprint density at radius 1 is 1.50 bits per heavy atom. The molecule has 0 aromatic carbocycles. The molecule has 3 rings (SSSR count). The average Bonchev–Trinajstić information content (AvgIpc) is 2.88. The van der Waals surface area contributed by atoms with Gasteiger partial charge in [0.05, 0.1) is 0 Å². The molecule has 76 valence electrons. The molecule has 1 aliphatic heterocycles. The molecule has 2 nitrogen and oxygen atoms in total. The van der Waals surface area contributed by atoms with Crippen LogP contribution in [0.1, 0.15) is 36.8 Å². The maximum absolute atomic E-state index is 5.83. The zero-order chi connectivity index (χ0) is 9.60. The predicted octanol–water partition coefficient (Wildman–Crippen LogP) is 2.02. The third-order valence-corrected chi connectivity index (χ3v) is 3.85. The minimum absolute atomic E-state index is 0.437. The average molecular weight is 191 g/mol. The molecule has 2 aliphatic rings. The van der Waals surface area contributed by atoms with Gasteiger partial charge in [0, 0.05) is 30.4 Å². The summed E-state index contributed by atoms with van der Waals surface area (Å²) in [5.74, 6) is 2.44. The molecule has 0 saturated carbocycles. The first-order chi connectivity index (χ1) is 6.84. The number of fused-ring (bicyclic) bond motifs is 2. The highest BCUT2D eigenvalue weighted by Gasteiger charge is 2.43. The van der Waals surface area contributed by atoms with Gasteiger partial charge >= 0.3 is 0 Å². The molecule has 2 heterocycles. The van der Waals surface area contributed by atoms with Gasteiger partial charge in [0.25, 0.3) is 0 Å². The van der Waals surface area contributed by atoms with E-state index < -0.39 is 0 Å². The second-order valence-electron chi connectivity index (χ2n) is 4.61. The van der Waals surface area contributed by atoms with Gasteiger partial charge in [-0.2, -0.15) is 0 Å². The van der Waals surface area contributed by atoms with Crippen molar-refractivity contribution < 1.29 is 4.42 Å². The van der Waals surface area contributed by atoms with Gasteiger partial charge in [0.2, 0.25) is 0 Å². The van der Waals surface area contributed by atoms with Crippen LogP contribution in [-0.2, 0) is 18.3 Å². The van der Waals surface area contributed by atoms with Crippen molar-refractivity contribution >= 4 is 0 Å². The molecule has 0 radical (unpaired) electrons. The summed E-state index contributed by atoms with van der Waals surface area (Å²) in [6.07, 6.45) is 4.76. The molecule has 1 aliphatic carbocycles. The molecule has 1 saturated heterocycles. The van der Waals surface area contributed by atoms with Gasteiger partial charge < -0.3 is 9.73 Å². The molecule has 2 heteroatoms. The lowest BCUT2D eigenvalue weighted by molar-refractivity contribution is 0.450. The molecule has 0 bridgehead atoms. The van der Waals surface area contributed by atoms with Crippen LogP contribution in [0.4, 0.5) is 0 Å². The van der Waals surface area contributed by atoms with Crippen LogP contribution in [-0.4, -0.2) is 13.1 Å². The van der Waals surface area contributed by atoms with E-state index in [0.717, 1.165) is 19.4 Å². The first-order valence-electron chi connectivity index (χ1n) is 5.67. The maximum Gasteiger partial charge on any atom is 0.108 e. The lowest BCUT2D eigenvalue weighted by Crippen LogP contribution is -2.25. The summed E-state index contributed by atoms with van der Waals surface area (Å²) in [6, 6.07) is 2.30. The summed E-state index contributed by atoms with van der Waals surface area (Å²) in [7, 11) is 0. The predicted molar refractivity (Wildman–Crippen MR) is 55.6 cm³/mol. The quantitative estimate of drug-likeness (QED) is 0.734. The zero-order valence-electron chi connectivity index (χ0n) is 8.73.